The molecule has 0 bridgehead atoms. The zero-order valence-electron chi connectivity index (χ0n) is 8.06. The highest BCUT2D eigenvalue weighted by atomic mass is 35.5. The van der Waals surface area contributed by atoms with Gasteiger partial charge in [-0.1, -0.05) is 29.8 Å². The molecule has 0 aromatic heterocycles. The second-order valence-electron chi connectivity index (χ2n) is 3.97. The van der Waals surface area contributed by atoms with E-state index in [1.54, 1.807) is 6.07 Å². The van der Waals surface area contributed by atoms with Gasteiger partial charge >= 0.3 is 0 Å². The molecule has 1 aromatic rings. The number of halogens is 2. The van der Waals surface area contributed by atoms with Crippen LogP contribution in [0.1, 0.15) is 24.8 Å². The summed E-state index contributed by atoms with van der Waals surface area (Å²) in [4.78, 5) is 0. The highest BCUT2D eigenvalue weighted by Gasteiger charge is 2.38. The smallest absolute Gasteiger partial charge is 0.141 e. The van der Waals surface area contributed by atoms with Crippen molar-refractivity contribution in [3.63, 3.8) is 0 Å². The van der Waals surface area contributed by atoms with E-state index < -0.39 is 0 Å². The first-order chi connectivity index (χ1) is 6.59. The Labute approximate surface area is 88.4 Å². The average molecular weight is 211 g/mol. The molecular formula is C12H12ClF. The van der Waals surface area contributed by atoms with Crippen molar-refractivity contribution in [2.24, 2.45) is 5.92 Å². The van der Waals surface area contributed by atoms with Gasteiger partial charge in [-0.25, -0.2) is 4.39 Å². The topological polar surface area (TPSA) is 0 Å². The molecule has 74 valence electrons. The van der Waals surface area contributed by atoms with Gasteiger partial charge in [-0.2, -0.15) is 0 Å². The molecule has 2 heteroatoms. The van der Waals surface area contributed by atoms with E-state index in [1.165, 1.54) is 11.6 Å². The number of hydrogen-bond acceptors (Lipinski definition) is 0. The Morgan fingerprint density at radius 1 is 1.57 bits per heavy atom. The molecule has 1 fully saturated rings. The average Bonchev–Trinajstić information content (AvgIpc) is 2.89. The largest absolute Gasteiger partial charge is 0.205 e. The molecule has 0 unspecified atom stereocenters. The Hall–Kier alpha value is -0.820. The fourth-order valence-corrected chi connectivity index (χ4v) is 2.04. The van der Waals surface area contributed by atoms with Gasteiger partial charge in [0, 0.05) is 0 Å². The van der Waals surface area contributed by atoms with Crippen LogP contribution in [0.15, 0.2) is 30.4 Å². The second kappa shape index (κ2) is 3.39. The van der Waals surface area contributed by atoms with E-state index in [2.05, 4.69) is 6.58 Å². The van der Waals surface area contributed by atoms with E-state index in [-0.39, 0.29) is 10.8 Å². The van der Waals surface area contributed by atoms with Crippen molar-refractivity contribution in [3.8, 4) is 0 Å². The SMILES string of the molecule is C=C(C)[C@H]1C[C@@H]1c1ccc(F)c(Cl)c1. The van der Waals surface area contributed by atoms with E-state index >= 15 is 0 Å². The zero-order valence-corrected chi connectivity index (χ0v) is 8.81. The summed E-state index contributed by atoms with van der Waals surface area (Å²) in [5.74, 6) is 0.727. The minimum Gasteiger partial charge on any atom is -0.205 e. The molecule has 0 heterocycles. The molecule has 0 radical (unpaired) electrons. The van der Waals surface area contributed by atoms with Crippen molar-refractivity contribution in [2.45, 2.75) is 19.3 Å². The molecule has 1 saturated carbocycles. The molecule has 2 rings (SSSR count). The monoisotopic (exact) mass is 210 g/mol. The molecule has 0 spiro atoms. The molecule has 0 amide bonds. The highest BCUT2D eigenvalue weighted by molar-refractivity contribution is 6.30. The first-order valence-corrected chi connectivity index (χ1v) is 5.07. The molecule has 0 N–H and O–H groups in total. The van der Waals surface area contributed by atoms with Gasteiger partial charge in [-0.15, -0.1) is 0 Å². The van der Waals surface area contributed by atoms with Crippen LogP contribution >= 0.6 is 11.6 Å². The minimum atomic E-state index is -0.344. The van der Waals surface area contributed by atoms with Gasteiger partial charge in [0.2, 0.25) is 0 Å². The quantitative estimate of drug-likeness (QED) is 0.643. The Morgan fingerprint density at radius 3 is 2.79 bits per heavy atom. The van der Waals surface area contributed by atoms with Crippen LogP contribution in [0, 0.1) is 11.7 Å². The summed E-state index contributed by atoms with van der Waals surface area (Å²) >= 11 is 5.72. The fourth-order valence-electron chi connectivity index (χ4n) is 1.85. The highest BCUT2D eigenvalue weighted by Crippen LogP contribution is 2.51. The van der Waals surface area contributed by atoms with Crippen molar-refractivity contribution < 1.29 is 4.39 Å². The van der Waals surface area contributed by atoms with E-state index in [0.717, 1.165) is 12.0 Å². The molecule has 1 aliphatic carbocycles. The van der Waals surface area contributed by atoms with Crippen molar-refractivity contribution in [2.75, 3.05) is 0 Å². The zero-order chi connectivity index (χ0) is 10.3. The van der Waals surface area contributed by atoms with Gasteiger partial charge in [-0.3, -0.25) is 0 Å². The standard InChI is InChI=1S/C12H12ClF/c1-7(2)9-6-10(9)8-3-4-12(14)11(13)5-8/h3-5,9-10H,1,6H2,2H3/t9-,10-/m1/s1. The Balaban J connectivity index is 2.20. The summed E-state index contributed by atoms with van der Waals surface area (Å²) in [5.41, 5.74) is 2.33. The van der Waals surface area contributed by atoms with Crippen molar-refractivity contribution in [3.05, 3.63) is 46.8 Å². The van der Waals surface area contributed by atoms with Crippen molar-refractivity contribution in [1.82, 2.24) is 0 Å². The minimum absolute atomic E-state index is 0.217. The van der Waals surface area contributed by atoms with Crippen LogP contribution in [0.2, 0.25) is 5.02 Å². The summed E-state index contributed by atoms with van der Waals surface area (Å²) in [6.45, 7) is 5.96. The third-order valence-electron chi connectivity index (χ3n) is 2.80. The maximum Gasteiger partial charge on any atom is 0.141 e. The van der Waals surface area contributed by atoms with Crippen molar-refractivity contribution in [1.29, 1.82) is 0 Å². The number of rotatable bonds is 2. The third-order valence-corrected chi connectivity index (χ3v) is 3.08. The van der Waals surface area contributed by atoms with Crippen LogP contribution in [0.4, 0.5) is 4.39 Å². The van der Waals surface area contributed by atoms with E-state index in [4.69, 9.17) is 11.6 Å². The summed E-state index contributed by atoms with van der Waals surface area (Å²) < 4.78 is 12.9. The molecule has 2 atom stereocenters. The Morgan fingerprint density at radius 2 is 2.29 bits per heavy atom. The Kier molecular flexibility index (Phi) is 2.36. The number of hydrogen-bond donors (Lipinski definition) is 0. The van der Waals surface area contributed by atoms with Crippen molar-refractivity contribution >= 4 is 11.6 Å². The molecule has 14 heavy (non-hydrogen) atoms. The third kappa shape index (κ3) is 1.69. The molecule has 1 aromatic carbocycles. The van der Waals surface area contributed by atoms with Gasteiger partial charge < -0.3 is 0 Å². The lowest BCUT2D eigenvalue weighted by molar-refractivity contribution is 0.627. The maximum absolute atomic E-state index is 12.9. The van der Waals surface area contributed by atoms with E-state index in [0.29, 0.717) is 11.8 Å². The van der Waals surface area contributed by atoms with Gasteiger partial charge in [0.1, 0.15) is 5.82 Å². The first-order valence-electron chi connectivity index (χ1n) is 4.70. The lowest BCUT2D eigenvalue weighted by Crippen LogP contribution is -1.86. The maximum atomic E-state index is 12.9. The number of benzene rings is 1. The number of allylic oxidation sites excluding steroid dienone is 1. The van der Waals surface area contributed by atoms with Crippen LogP contribution in [-0.2, 0) is 0 Å². The molecule has 1 aliphatic rings. The predicted molar refractivity (Wildman–Crippen MR) is 57.1 cm³/mol. The van der Waals surface area contributed by atoms with Gasteiger partial charge in [-0.05, 0) is 42.9 Å². The van der Waals surface area contributed by atoms with Gasteiger partial charge in [0.25, 0.3) is 0 Å². The summed E-state index contributed by atoms with van der Waals surface area (Å²) in [7, 11) is 0. The molecule has 0 aliphatic heterocycles. The van der Waals surface area contributed by atoms with E-state index in [1.807, 2.05) is 13.0 Å². The summed E-state index contributed by atoms with van der Waals surface area (Å²) in [6, 6.07) is 4.98. The van der Waals surface area contributed by atoms with Crippen LogP contribution in [-0.4, -0.2) is 0 Å². The van der Waals surface area contributed by atoms with Crippen LogP contribution in [0.5, 0.6) is 0 Å². The van der Waals surface area contributed by atoms with E-state index in [9.17, 15) is 4.39 Å². The predicted octanol–water partition coefficient (Wildman–Crippen LogP) is 4.16. The molecule has 0 saturated heterocycles. The lowest BCUT2D eigenvalue weighted by Gasteiger charge is -2.01. The normalized spacial score (nSPS) is 24.8. The van der Waals surface area contributed by atoms with Crippen LogP contribution in [0.25, 0.3) is 0 Å². The van der Waals surface area contributed by atoms with Gasteiger partial charge in [0.05, 0.1) is 5.02 Å². The van der Waals surface area contributed by atoms with Crippen LogP contribution < -0.4 is 0 Å². The fraction of sp³-hybridized carbons (Fsp3) is 0.333. The second-order valence-corrected chi connectivity index (χ2v) is 4.38. The Bertz CT molecular complexity index is 384. The molecule has 0 nitrogen and oxygen atoms in total. The first kappa shape index (κ1) is 9.72. The lowest BCUT2D eigenvalue weighted by atomic mass is 10.1. The summed E-state index contributed by atoms with van der Waals surface area (Å²) in [6.07, 6.45) is 1.12. The van der Waals surface area contributed by atoms with Gasteiger partial charge in [0.15, 0.2) is 0 Å². The van der Waals surface area contributed by atoms with Crippen LogP contribution in [0.3, 0.4) is 0 Å². The summed E-state index contributed by atoms with van der Waals surface area (Å²) in [5, 5.41) is 0.217. The molecular weight excluding hydrogens is 199 g/mol.